The molecule has 1 spiro atoms. The highest BCUT2D eigenvalue weighted by Crippen LogP contribution is 2.55. The second-order valence-corrected chi connectivity index (χ2v) is 26.0. The van der Waals surface area contributed by atoms with E-state index in [4.69, 9.17) is 9.47 Å². The van der Waals surface area contributed by atoms with Crippen LogP contribution in [0.3, 0.4) is 0 Å². The van der Waals surface area contributed by atoms with E-state index in [1.165, 1.54) is 79.7 Å². The molecule has 1 heterocycles. The summed E-state index contributed by atoms with van der Waals surface area (Å²) in [5.74, 6) is 1.74. The van der Waals surface area contributed by atoms with Gasteiger partial charge >= 0.3 is 0 Å². The van der Waals surface area contributed by atoms with Crippen molar-refractivity contribution in [1.82, 2.24) is 0 Å². The number of hydrogen-bond donors (Lipinski definition) is 0. The summed E-state index contributed by atoms with van der Waals surface area (Å²) in [6.45, 7) is 58.4. The van der Waals surface area contributed by atoms with Crippen molar-refractivity contribution in [2.24, 2.45) is 40.4 Å². The van der Waals surface area contributed by atoms with Gasteiger partial charge in [-0.15, -0.1) is 0 Å². The maximum absolute atomic E-state index is 7.47. The van der Waals surface area contributed by atoms with Crippen molar-refractivity contribution in [3.05, 3.63) is 190 Å². The molecular formula is C74H112O2. The Kier molecular flexibility index (Phi) is 26.8. The first kappa shape index (κ1) is 66.0. The van der Waals surface area contributed by atoms with E-state index >= 15 is 0 Å². The van der Waals surface area contributed by atoms with E-state index < -0.39 is 11.4 Å². The molecule has 2 aliphatic carbocycles. The minimum Gasteiger partial charge on any atom is -0.340 e. The van der Waals surface area contributed by atoms with Gasteiger partial charge in [-0.05, 0) is 198 Å². The number of hydrogen-bond acceptors (Lipinski definition) is 2. The molecule has 0 radical (unpaired) electrons. The van der Waals surface area contributed by atoms with E-state index in [-0.39, 0.29) is 11.5 Å². The first-order valence-corrected chi connectivity index (χ1v) is 29.7. The van der Waals surface area contributed by atoms with Gasteiger partial charge in [0.1, 0.15) is 0 Å². The van der Waals surface area contributed by atoms with Gasteiger partial charge in [0.25, 0.3) is 0 Å². The predicted molar refractivity (Wildman–Crippen MR) is 338 cm³/mol. The molecule has 1 aliphatic heterocycles. The first-order valence-electron chi connectivity index (χ1n) is 29.7. The fourth-order valence-electron chi connectivity index (χ4n) is 11.0. The van der Waals surface area contributed by atoms with Crippen LogP contribution in [0.4, 0.5) is 0 Å². The molecule has 76 heavy (non-hydrogen) atoms. The Balaban J connectivity index is 1.74. The van der Waals surface area contributed by atoms with Crippen LogP contribution in [0.25, 0.3) is 0 Å². The van der Waals surface area contributed by atoms with Gasteiger partial charge in [0.2, 0.25) is 0 Å². The van der Waals surface area contributed by atoms with E-state index in [2.05, 4.69) is 248 Å². The van der Waals surface area contributed by atoms with Crippen LogP contribution in [0.1, 0.15) is 215 Å². The molecule has 7 unspecified atom stereocenters. The molecule has 3 aliphatic rings. The second-order valence-electron chi connectivity index (χ2n) is 26.0. The molecule has 1 saturated heterocycles. The zero-order valence-electron chi connectivity index (χ0n) is 52.2. The van der Waals surface area contributed by atoms with Gasteiger partial charge in [-0.3, -0.25) is 0 Å². The third-order valence-electron chi connectivity index (χ3n) is 18.0. The highest BCUT2D eigenvalue weighted by Gasteiger charge is 2.57. The van der Waals surface area contributed by atoms with E-state index in [0.717, 1.165) is 77.0 Å². The molecule has 0 amide bonds. The van der Waals surface area contributed by atoms with Crippen molar-refractivity contribution < 1.29 is 9.47 Å². The van der Waals surface area contributed by atoms with Gasteiger partial charge in [0.05, 0.1) is 11.7 Å². The number of allylic oxidation sites excluding steroid dienone is 27. The summed E-state index contributed by atoms with van der Waals surface area (Å²) in [4.78, 5) is 0. The lowest BCUT2D eigenvalue weighted by Gasteiger charge is -2.43. The third-order valence-corrected chi connectivity index (χ3v) is 18.0. The Morgan fingerprint density at radius 1 is 0.618 bits per heavy atom. The second kappa shape index (κ2) is 30.8. The average Bonchev–Trinajstić information content (AvgIpc) is 3.64. The van der Waals surface area contributed by atoms with E-state index in [1.54, 1.807) is 0 Å². The molecule has 0 aromatic heterocycles. The molecule has 0 saturated carbocycles. The number of rotatable bonds is 29. The Morgan fingerprint density at radius 2 is 1.12 bits per heavy atom. The van der Waals surface area contributed by atoms with Crippen LogP contribution in [0.5, 0.6) is 0 Å². The van der Waals surface area contributed by atoms with Crippen LogP contribution in [0.2, 0.25) is 0 Å². The average molecular weight is 1030 g/mol. The molecule has 0 N–H and O–H groups in total. The Hall–Kier alpha value is -4.24. The van der Waals surface area contributed by atoms with Crippen LogP contribution in [-0.2, 0) is 9.47 Å². The van der Waals surface area contributed by atoms with Crippen LogP contribution in [0, 0.1) is 40.4 Å². The van der Waals surface area contributed by atoms with Crippen LogP contribution in [0.15, 0.2) is 190 Å². The lowest BCUT2D eigenvalue weighted by atomic mass is 9.68. The predicted octanol–water partition coefficient (Wildman–Crippen LogP) is 22.6. The van der Waals surface area contributed by atoms with Gasteiger partial charge < -0.3 is 9.47 Å². The highest BCUT2D eigenvalue weighted by atomic mass is 16.8. The van der Waals surface area contributed by atoms with Crippen molar-refractivity contribution >= 4 is 0 Å². The summed E-state index contributed by atoms with van der Waals surface area (Å²) in [6.07, 6.45) is 50.5. The molecule has 1 fully saturated rings. The van der Waals surface area contributed by atoms with Crippen molar-refractivity contribution in [2.75, 3.05) is 0 Å². The Labute approximate surface area is 470 Å². The van der Waals surface area contributed by atoms with Crippen LogP contribution < -0.4 is 0 Å². The van der Waals surface area contributed by atoms with E-state index in [1.807, 2.05) is 0 Å². The molecule has 2 heteroatoms. The largest absolute Gasteiger partial charge is 0.340 e. The fraction of sp³-hybridized carbons (Fsp3) is 0.568. The Bertz CT molecular complexity index is 2370. The third kappa shape index (κ3) is 21.2. The number of ether oxygens (including phenoxy) is 2. The minimum absolute atomic E-state index is 0.00814. The molecule has 2 nitrogen and oxygen atoms in total. The van der Waals surface area contributed by atoms with Gasteiger partial charge in [0.15, 0.2) is 5.79 Å². The zero-order valence-corrected chi connectivity index (χ0v) is 52.2. The summed E-state index contributed by atoms with van der Waals surface area (Å²) < 4.78 is 14.9. The SMILES string of the molecule is C=C(C)C(C)CCC(=C)C(C)CC/C(C)=C/CCC1OC2(CCC(C)(C)C(/C=C/C(C)=C/C=C/C(C)=C/C=C/C=C(C)/C=C/C=C(C)/C=C/[C@H]3C(C)=CCCC3(C)C)=C2C)OC1(C)CCC(C)C(=C)CCC(C)C(=C)C. The maximum atomic E-state index is 7.47. The summed E-state index contributed by atoms with van der Waals surface area (Å²) in [5.41, 5.74) is 15.5. The van der Waals surface area contributed by atoms with Crippen LogP contribution in [-0.4, -0.2) is 17.5 Å². The zero-order chi connectivity index (χ0) is 57.0. The summed E-state index contributed by atoms with van der Waals surface area (Å²) >= 11 is 0. The molecule has 3 rings (SSSR count). The topological polar surface area (TPSA) is 18.5 Å². The van der Waals surface area contributed by atoms with E-state index in [9.17, 15) is 0 Å². The van der Waals surface area contributed by atoms with E-state index in [0.29, 0.717) is 35.0 Å². The quantitative estimate of drug-likeness (QED) is 0.0549. The van der Waals surface area contributed by atoms with Gasteiger partial charge in [-0.25, -0.2) is 0 Å². The van der Waals surface area contributed by atoms with Crippen LogP contribution >= 0.6 is 0 Å². The standard InChI is InChI=1S/C74H112O2/c1-53(2)60(10)42-44-63(13)62(12)41-38-57(7)35-27-37-70-73(22,50-48-65(15)64(14)45-43-61(11)54(3)4)76-74(75-70)52-51-72(20,21)69(67(74)17)47-40-59(9)34-26-32-56(6)30-24-23-29-55(5)31-25-33-58(8)39-46-68-66(16)36-28-49-71(68,18)19/h23-26,29-36,39-40,46-47,60-62,65,68,70H,1,3,13-14,27-28,37-38,41-45,48-52H2,2,4-12,15-22H3/b24-23+,31-25+,32-26+,46-39+,47-40+,55-29+,56-30+,57-35+,58-33+,59-34+/t60?,61?,62?,65?,68-,70?,73?,74?/m0/s1. The summed E-state index contributed by atoms with van der Waals surface area (Å²) in [5, 5.41) is 0. The van der Waals surface area contributed by atoms with Crippen molar-refractivity contribution in [3.63, 3.8) is 0 Å². The lowest BCUT2D eigenvalue weighted by molar-refractivity contribution is -0.174. The first-order chi connectivity index (χ1) is 35.5. The van der Waals surface area contributed by atoms with Gasteiger partial charge in [-0.2, -0.15) is 0 Å². The minimum atomic E-state index is -0.740. The monoisotopic (exact) mass is 1030 g/mol. The summed E-state index contributed by atoms with van der Waals surface area (Å²) in [6, 6.07) is 0. The van der Waals surface area contributed by atoms with Crippen molar-refractivity contribution in [2.45, 2.75) is 232 Å². The fourth-order valence-corrected chi connectivity index (χ4v) is 11.0. The highest BCUT2D eigenvalue weighted by molar-refractivity contribution is 5.41. The molecule has 420 valence electrons. The molecule has 0 bridgehead atoms. The molecule has 0 aromatic rings. The van der Waals surface area contributed by atoms with Gasteiger partial charge in [0, 0.05) is 12.3 Å². The smallest absolute Gasteiger partial charge is 0.192 e. The van der Waals surface area contributed by atoms with Crippen molar-refractivity contribution in [3.8, 4) is 0 Å². The summed E-state index contributed by atoms with van der Waals surface area (Å²) in [7, 11) is 0. The normalized spacial score (nSPS) is 25.7. The lowest BCUT2D eigenvalue weighted by Crippen LogP contribution is -2.42. The Morgan fingerprint density at radius 3 is 1.66 bits per heavy atom. The molecule has 0 aromatic carbocycles. The maximum Gasteiger partial charge on any atom is 0.192 e. The molecular weight excluding hydrogens is 921 g/mol. The molecule has 8 atom stereocenters. The van der Waals surface area contributed by atoms with Crippen molar-refractivity contribution in [1.29, 1.82) is 0 Å². The van der Waals surface area contributed by atoms with Gasteiger partial charge in [-0.1, -0.05) is 235 Å².